The Morgan fingerprint density at radius 2 is 1.91 bits per heavy atom. The van der Waals surface area contributed by atoms with Crippen LogP contribution in [0.1, 0.15) is 39.8 Å². The van der Waals surface area contributed by atoms with Gasteiger partial charge in [-0.1, -0.05) is 31.2 Å². The average molecular weight is 315 g/mol. The van der Waals surface area contributed by atoms with E-state index in [1.807, 2.05) is 32.0 Å². The summed E-state index contributed by atoms with van der Waals surface area (Å²) in [6.45, 7) is 3.80. The van der Waals surface area contributed by atoms with Gasteiger partial charge >= 0.3 is 5.97 Å². The van der Waals surface area contributed by atoms with Gasteiger partial charge in [-0.15, -0.1) is 0 Å². The highest BCUT2D eigenvalue weighted by Crippen LogP contribution is 2.33. The van der Waals surface area contributed by atoms with Gasteiger partial charge in [0, 0.05) is 23.9 Å². The van der Waals surface area contributed by atoms with Crippen molar-refractivity contribution in [1.29, 1.82) is 0 Å². The molecule has 0 atom stereocenters. The number of hydrogen-bond acceptors (Lipinski definition) is 3. The Hall–Kier alpha value is -2.56. The van der Waals surface area contributed by atoms with Crippen molar-refractivity contribution in [2.75, 3.05) is 7.11 Å². The molecule has 0 spiro atoms. The SMILES string of the molecule is CCc1c(OC)c(C(=O)c2ccccc2C)n(C)c1CC(=O)O. The molecular formula is C18H21NO4. The van der Waals surface area contributed by atoms with Crippen molar-refractivity contribution >= 4 is 11.8 Å². The summed E-state index contributed by atoms with van der Waals surface area (Å²) < 4.78 is 7.11. The largest absolute Gasteiger partial charge is 0.494 e. The van der Waals surface area contributed by atoms with Crippen LogP contribution >= 0.6 is 0 Å². The number of ketones is 1. The summed E-state index contributed by atoms with van der Waals surface area (Å²) in [5.74, 6) is -0.619. The van der Waals surface area contributed by atoms with Gasteiger partial charge < -0.3 is 14.4 Å². The molecule has 0 bridgehead atoms. The zero-order valence-electron chi connectivity index (χ0n) is 13.8. The number of carbonyl (C=O) groups is 2. The zero-order valence-corrected chi connectivity index (χ0v) is 13.8. The van der Waals surface area contributed by atoms with Crippen LogP contribution in [0.3, 0.4) is 0 Å². The minimum absolute atomic E-state index is 0.142. The summed E-state index contributed by atoms with van der Waals surface area (Å²) in [4.78, 5) is 24.1. The maximum Gasteiger partial charge on any atom is 0.309 e. The minimum Gasteiger partial charge on any atom is -0.494 e. The maximum absolute atomic E-state index is 13.0. The van der Waals surface area contributed by atoms with Crippen LogP contribution < -0.4 is 4.74 Å². The maximum atomic E-state index is 13.0. The van der Waals surface area contributed by atoms with E-state index in [1.54, 1.807) is 17.7 Å². The Morgan fingerprint density at radius 3 is 2.43 bits per heavy atom. The third-order valence-corrected chi connectivity index (χ3v) is 4.06. The zero-order chi connectivity index (χ0) is 17.1. The fraction of sp³-hybridized carbons (Fsp3) is 0.333. The Morgan fingerprint density at radius 1 is 1.26 bits per heavy atom. The molecule has 5 heteroatoms. The molecule has 1 aromatic heterocycles. The Bertz CT molecular complexity index is 759. The molecule has 0 amide bonds. The van der Waals surface area contributed by atoms with Crippen LogP contribution in [0, 0.1) is 6.92 Å². The van der Waals surface area contributed by atoms with Gasteiger partial charge in [0.1, 0.15) is 5.69 Å². The number of hydrogen-bond donors (Lipinski definition) is 1. The normalized spacial score (nSPS) is 10.6. The lowest BCUT2D eigenvalue weighted by Gasteiger charge is -2.09. The molecule has 1 N–H and O–H groups in total. The van der Waals surface area contributed by atoms with Crippen molar-refractivity contribution in [3.05, 3.63) is 52.3 Å². The van der Waals surface area contributed by atoms with Gasteiger partial charge in [0.25, 0.3) is 0 Å². The van der Waals surface area contributed by atoms with Gasteiger partial charge in [-0.05, 0) is 18.9 Å². The molecule has 0 saturated heterocycles. The topological polar surface area (TPSA) is 68.5 Å². The predicted octanol–water partition coefficient (Wildman–Crippen LogP) is 2.76. The van der Waals surface area contributed by atoms with E-state index in [4.69, 9.17) is 9.84 Å². The van der Waals surface area contributed by atoms with E-state index >= 15 is 0 Å². The van der Waals surface area contributed by atoms with Crippen LogP contribution in [-0.4, -0.2) is 28.5 Å². The number of ether oxygens (including phenoxy) is 1. The van der Waals surface area contributed by atoms with Gasteiger partial charge in [0.05, 0.1) is 13.5 Å². The first kappa shape index (κ1) is 16.8. The molecule has 0 aliphatic carbocycles. The summed E-state index contributed by atoms with van der Waals surface area (Å²) in [6, 6.07) is 7.34. The molecule has 0 aliphatic rings. The van der Waals surface area contributed by atoms with Crippen LogP contribution in [0.25, 0.3) is 0 Å². The van der Waals surface area contributed by atoms with E-state index in [0.717, 1.165) is 11.1 Å². The van der Waals surface area contributed by atoms with E-state index in [0.29, 0.717) is 29.1 Å². The second-order valence-corrected chi connectivity index (χ2v) is 5.43. The first-order chi connectivity index (χ1) is 10.9. The molecule has 2 rings (SSSR count). The third kappa shape index (κ3) is 2.99. The second kappa shape index (κ2) is 6.69. The highest BCUT2D eigenvalue weighted by molar-refractivity contribution is 6.11. The molecule has 2 aromatic rings. The van der Waals surface area contributed by atoms with Crippen molar-refractivity contribution in [3.8, 4) is 5.75 Å². The lowest BCUT2D eigenvalue weighted by Crippen LogP contribution is -2.13. The molecule has 1 aromatic carbocycles. The van der Waals surface area contributed by atoms with Gasteiger partial charge in [-0.25, -0.2) is 0 Å². The number of carbonyl (C=O) groups excluding carboxylic acids is 1. The summed E-state index contributed by atoms with van der Waals surface area (Å²) in [5.41, 5.74) is 3.24. The molecule has 0 saturated carbocycles. The van der Waals surface area contributed by atoms with Crippen molar-refractivity contribution < 1.29 is 19.4 Å². The quantitative estimate of drug-likeness (QED) is 0.832. The molecule has 23 heavy (non-hydrogen) atoms. The van der Waals surface area contributed by atoms with Crippen molar-refractivity contribution in [3.63, 3.8) is 0 Å². The van der Waals surface area contributed by atoms with Crippen LogP contribution in [-0.2, 0) is 24.7 Å². The van der Waals surface area contributed by atoms with E-state index in [9.17, 15) is 9.59 Å². The molecule has 0 radical (unpaired) electrons. The predicted molar refractivity (Wildman–Crippen MR) is 87.3 cm³/mol. The molecule has 122 valence electrons. The van der Waals surface area contributed by atoms with Gasteiger partial charge in [0.15, 0.2) is 5.75 Å². The lowest BCUT2D eigenvalue weighted by molar-refractivity contribution is -0.136. The van der Waals surface area contributed by atoms with Crippen LogP contribution in [0.5, 0.6) is 5.75 Å². The number of methoxy groups -OCH3 is 1. The molecule has 0 aliphatic heterocycles. The van der Waals surface area contributed by atoms with Crippen LogP contribution in [0.4, 0.5) is 0 Å². The van der Waals surface area contributed by atoms with E-state index in [-0.39, 0.29) is 12.2 Å². The molecule has 0 unspecified atom stereocenters. The third-order valence-electron chi connectivity index (χ3n) is 4.06. The smallest absolute Gasteiger partial charge is 0.309 e. The number of carboxylic acid groups (broad SMARTS) is 1. The van der Waals surface area contributed by atoms with Crippen molar-refractivity contribution in [2.45, 2.75) is 26.7 Å². The summed E-state index contributed by atoms with van der Waals surface area (Å²) in [5, 5.41) is 9.14. The van der Waals surface area contributed by atoms with E-state index < -0.39 is 5.97 Å². The fourth-order valence-electron chi connectivity index (χ4n) is 2.93. The summed E-state index contributed by atoms with van der Waals surface area (Å²) in [6.07, 6.45) is 0.456. The number of aromatic nitrogens is 1. The highest BCUT2D eigenvalue weighted by atomic mass is 16.5. The summed E-state index contributed by atoms with van der Waals surface area (Å²) in [7, 11) is 3.22. The summed E-state index contributed by atoms with van der Waals surface area (Å²) >= 11 is 0. The Kier molecular flexibility index (Phi) is 4.89. The molecular weight excluding hydrogens is 294 g/mol. The van der Waals surface area contributed by atoms with Crippen LogP contribution in [0.15, 0.2) is 24.3 Å². The minimum atomic E-state index is -0.933. The number of aryl methyl sites for hydroxylation is 1. The first-order valence-corrected chi connectivity index (χ1v) is 7.48. The fourth-order valence-corrected chi connectivity index (χ4v) is 2.93. The molecule has 5 nitrogen and oxygen atoms in total. The van der Waals surface area contributed by atoms with Gasteiger partial charge in [-0.3, -0.25) is 9.59 Å². The number of aliphatic carboxylic acids is 1. The van der Waals surface area contributed by atoms with E-state index in [2.05, 4.69) is 0 Å². The average Bonchev–Trinajstić information content (AvgIpc) is 2.78. The monoisotopic (exact) mass is 315 g/mol. The lowest BCUT2D eigenvalue weighted by atomic mass is 10.0. The number of benzene rings is 1. The molecule has 1 heterocycles. The first-order valence-electron chi connectivity index (χ1n) is 7.48. The van der Waals surface area contributed by atoms with E-state index in [1.165, 1.54) is 7.11 Å². The number of rotatable bonds is 6. The van der Waals surface area contributed by atoms with Gasteiger partial charge in [0.2, 0.25) is 5.78 Å². The number of carboxylic acids is 1. The Balaban J connectivity index is 2.67. The molecule has 0 fully saturated rings. The highest BCUT2D eigenvalue weighted by Gasteiger charge is 2.27. The number of nitrogens with zero attached hydrogens (tertiary/aromatic N) is 1. The van der Waals surface area contributed by atoms with Gasteiger partial charge in [-0.2, -0.15) is 0 Å². The standard InChI is InChI=1S/C18H21NO4/c1-5-12-14(10-15(20)21)19(3)16(18(12)23-4)17(22)13-9-7-6-8-11(13)2/h6-9H,5,10H2,1-4H3,(H,20,21). The Labute approximate surface area is 135 Å². The van der Waals surface area contributed by atoms with Crippen molar-refractivity contribution in [2.24, 2.45) is 7.05 Å². The van der Waals surface area contributed by atoms with Crippen molar-refractivity contribution in [1.82, 2.24) is 4.57 Å². The van der Waals surface area contributed by atoms with Crippen LogP contribution in [0.2, 0.25) is 0 Å². The second-order valence-electron chi connectivity index (χ2n) is 5.43.